The van der Waals surface area contributed by atoms with Gasteiger partial charge in [-0.3, -0.25) is 0 Å². The fraction of sp³-hybridized carbons (Fsp3) is 0.846. The van der Waals surface area contributed by atoms with Crippen LogP contribution in [0.3, 0.4) is 0 Å². The van der Waals surface area contributed by atoms with Crippen molar-refractivity contribution in [2.75, 3.05) is 13.7 Å². The highest BCUT2D eigenvalue weighted by Gasteiger charge is 2.37. The van der Waals surface area contributed by atoms with Crippen LogP contribution in [0, 0.1) is 5.92 Å². The van der Waals surface area contributed by atoms with Crippen molar-refractivity contribution in [2.45, 2.75) is 51.3 Å². The molecule has 1 aliphatic carbocycles. The predicted octanol–water partition coefficient (Wildman–Crippen LogP) is 1.30. The fourth-order valence-electron chi connectivity index (χ4n) is 2.69. The van der Waals surface area contributed by atoms with Crippen LogP contribution in [-0.4, -0.2) is 34.5 Å². The average molecular weight is 250 g/mol. The van der Waals surface area contributed by atoms with Crippen LogP contribution >= 0.6 is 0 Å². The standard InChI is InChI=1S/C13H22N4O/c1-9(18-2)3-6-11-15-16-13-12(10-4-5-10)14-7-8-17(11)13/h9-10,12,14H,3-8H2,1-2H3. The third-order valence-corrected chi connectivity index (χ3v) is 4.10. The van der Waals surface area contributed by atoms with E-state index in [1.54, 1.807) is 7.11 Å². The molecular formula is C13H22N4O. The van der Waals surface area contributed by atoms with Crippen molar-refractivity contribution in [2.24, 2.45) is 5.92 Å². The molecule has 18 heavy (non-hydrogen) atoms. The highest BCUT2D eigenvalue weighted by atomic mass is 16.5. The van der Waals surface area contributed by atoms with Gasteiger partial charge in [-0.2, -0.15) is 0 Å². The number of ether oxygens (including phenoxy) is 1. The van der Waals surface area contributed by atoms with Crippen LogP contribution in [0.4, 0.5) is 0 Å². The maximum absolute atomic E-state index is 5.29. The normalized spacial score (nSPS) is 24.9. The molecule has 0 saturated heterocycles. The maximum Gasteiger partial charge on any atom is 0.150 e. The Labute approximate surface area is 108 Å². The molecule has 2 heterocycles. The topological polar surface area (TPSA) is 52.0 Å². The zero-order chi connectivity index (χ0) is 12.5. The van der Waals surface area contributed by atoms with E-state index in [0.717, 1.165) is 43.5 Å². The minimum Gasteiger partial charge on any atom is -0.382 e. The molecule has 1 aliphatic heterocycles. The zero-order valence-electron chi connectivity index (χ0n) is 11.2. The summed E-state index contributed by atoms with van der Waals surface area (Å²) in [6.45, 7) is 4.14. The summed E-state index contributed by atoms with van der Waals surface area (Å²) in [5, 5.41) is 12.4. The second-order valence-electron chi connectivity index (χ2n) is 5.48. The fourth-order valence-corrected chi connectivity index (χ4v) is 2.69. The van der Waals surface area contributed by atoms with Gasteiger partial charge in [-0.05, 0) is 32.1 Å². The third kappa shape index (κ3) is 2.29. The zero-order valence-corrected chi connectivity index (χ0v) is 11.2. The SMILES string of the molecule is COC(C)CCc1nnc2n1CCNC2C1CC1. The molecule has 0 bridgehead atoms. The number of fused-ring (bicyclic) bond motifs is 1. The first-order valence-corrected chi connectivity index (χ1v) is 6.97. The molecule has 1 saturated carbocycles. The predicted molar refractivity (Wildman–Crippen MR) is 68.3 cm³/mol. The second-order valence-corrected chi connectivity index (χ2v) is 5.48. The van der Waals surface area contributed by atoms with E-state index in [-0.39, 0.29) is 0 Å². The van der Waals surface area contributed by atoms with Crippen LogP contribution in [0.15, 0.2) is 0 Å². The van der Waals surface area contributed by atoms with Crippen molar-refractivity contribution in [1.82, 2.24) is 20.1 Å². The molecule has 3 rings (SSSR count). The average Bonchev–Trinajstić information content (AvgIpc) is 3.16. The molecule has 1 aromatic heterocycles. The molecule has 1 fully saturated rings. The Bertz CT molecular complexity index is 413. The number of nitrogens with zero attached hydrogens (tertiary/aromatic N) is 3. The van der Waals surface area contributed by atoms with E-state index in [9.17, 15) is 0 Å². The van der Waals surface area contributed by atoms with Gasteiger partial charge in [0.2, 0.25) is 0 Å². The number of aromatic nitrogens is 3. The van der Waals surface area contributed by atoms with Gasteiger partial charge in [0, 0.05) is 26.6 Å². The molecule has 2 aliphatic rings. The molecule has 1 aromatic rings. The number of aryl methyl sites for hydroxylation is 1. The largest absolute Gasteiger partial charge is 0.382 e. The van der Waals surface area contributed by atoms with Crippen LogP contribution in [-0.2, 0) is 17.7 Å². The van der Waals surface area contributed by atoms with Crippen molar-refractivity contribution in [3.63, 3.8) is 0 Å². The molecule has 0 amide bonds. The minimum absolute atomic E-state index is 0.291. The molecular weight excluding hydrogens is 228 g/mol. The summed E-state index contributed by atoms with van der Waals surface area (Å²) >= 11 is 0. The van der Waals surface area contributed by atoms with Crippen LogP contribution in [0.25, 0.3) is 0 Å². The molecule has 2 atom stereocenters. The highest BCUT2D eigenvalue weighted by molar-refractivity contribution is 5.08. The molecule has 0 aromatic carbocycles. The van der Waals surface area contributed by atoms with Crippen molar-refractivity contribution < 1.29 is 4.74 Å². The van der Waals surface area contributed by atoms with E-state index in [0.29, 0.717) is 12.1 Å². The van der Waals surface area contributed by atoms with E-state index < -0.39 is 0 Å². The van der Waals surface area contributed by atoms with Crippen LogP contribution in [0.5, 0.6) is 0 Å². The molecule has 1 N–H and O–H groups in total. The number of rotatable bonds is 5. The van der Waals surface area contributed by atoms with E-state index in [1.807, 2.05) is 0 Å². The van der Waals surface area contributed by atoms with Crippen molar-refractivity contribution in [3.8, 4) is 0 Å². The lowest BCUT2D eigenvalue weighted by atomic mass is 10.1. The van der Waals surface area contributed by atoms with Gasteiger partial charge in [0.25, 0.3) is 0 Å². The first kappa shape index (κ1) is 12.1. The van der Waals surface area contributed by atoms with E-state index in [2.05, 4.69) is 27.0 Å². The molecule has 0 radical (unpaired) electrons. The molecule has 2 unspecified atom stereocenters. The van der Waals surface area contributed by atoms with Crippen molar-refractivity contribution in [1.29, 1.82) is 0 Å². The lowest BCUT2D eigenvalue weighted by molar-refractivity contribution is 0.110. The van der Waals surface area contributed by atoms with Gasteiger partial charge in [0.05, 0.1) is 12.1 Å². The summed E-state index contributed by atoms with van der Waals surface area (Å²) in [7, 11) is 1.76. The molecule has 0 spiro atoms. The Morgan fingerprint density at radius 1 is 1.44 bits per heavy atom. The number of hydrogen-bond donors (Lipinski definition) is 1. The quantitative estimate of drug-likeness (QED) is 0.856. The van der Waals surface area contributed by atoms with Crippen molar-refractivity contribution >= 4 is 0 Å². The van der Waals surface area contributed by atoms with E-state index in [4.69, 9.17) is 4.74 Å². The van der Waals surface area contributed by atoms with Gasteiger partial charge in [0.15, 0.2) is 5.82 Å². The Balaban J connectivity index is 1.72. The second kappa shape index (κ2) is 4.97. The van der Waals surface area contributed by atoms with E-state index in [1.165, 1.54) is 12.8 Å². The van der Waals surface area contributed by atoms with Crippen LogP contribution in [0.1, 0.15) is 43.9 Å². The maximum atomic E-state index is 5.29. The van der Waals surface area contributed by atoms with Gasteiger partial charge in [-0.15, -0.1) is 10.2 Å². The smallest absolute Gasteiger partial charge is 0.150 e. The van der Waals surface area contributed by atoms with Gasteiger partial charge in [-0.1, -0.05) is 0 Å². The summed E-state index contributed by atoms with van der Waals surface area (Å²) in [6.07, 6.45) is 4.93. The summed E-state index contributed by atoms with van der Waals surface area (Å²) in [5.74, 6) is 3.07. The van der Waals surface area contributed by atoms with E-state index >= 15 is 0 Å². The third-order valence-electron chi connectivity index (χ3n) is 4.10. The summed E-state index contributed by atoms with van der Waals surface area (Å²) in [6, 6.07) is 0.444. The highest BCUT2D eigenvalue weighted by Crippen LogP contribution is 2.41. The Hall–Kier alpha value is -0.940. The molecule has 5 heteroatoms. The molecule has 100 valence electrons. The van der Waals surface area contributed by atoms with Crippen LogP contribution in [0.2, 0.25) is 0 Å². The number of hydrogen-bond acceptors (Lipinski definition) is 4. The molecule has 5 nitrogen and oxygen atoms in total. The van der Waals surface area contributed by atoms with Gasteiger partial charge in [-0.25, -0.2) is 0 Å². The summed E-state index contributed by atoms with van der Waals surface area (Å²) in [5.41, 5.74) is 0. The minimum atomic E-state index is 0.291. The summed E-state index contributed by atoms with van der Waals surface area (Å²) < 4.78 is 7.61. The monoisotopic (exact) mass is 250 g/mol. The van der Waals surface area contributed by atoms with Gasteiger partial charge in [0.1, 0.15) is 5.82 Å². The Morgan fingerprint density at radius 2 is 2.28 bits per heavy atom. The first-order valence-electron chi connectivity index (χ1n) is 6.97. The number of methoxy groups -OCH3 is 1. The number of nitrogens with one attached hydrogen (secondary N) is 1. The van der Waals surface area contributed by atoms with Gasteiger partial charge < -0.3 is 14.6 Å². The van der Waals surface area contributed by atoms with Gasteiger partial charge >= 0.3 is 0 Å². The first-order chi connectivity index (χ1) is 8.79. The Kier molecular flexibility index (Phi) is 3.35. The Morgan fingerprint density at radius 3 is 3.00 bits per heavy atom. The lowest BCUT2D eigenvalue weighted by Crippen LogP contribution is -2.35. The summed E-state index contributed by atoms with van der Waals surface area (Å²) in [4.78, 5) is 0. The lowest BCUT2D eigenvalue weighted by Gasteiger charge is -2.25. The van der Waals surface area contributed by atoms with Crippen LogP contribution < -0.4 is 5.32 Å². The van der Waals surface area contributed by atoms with Crippen molar-refractivity contribution in [3.05, 3.63) is 11.6 Å².